The van der Waals surface area contributed by atoms with Gasteiger partial charge in [-0.25, -0.2) is 14.6 Å². The number of ether oxygens (including phenoxy) is 1. The van der Waals surface area contributed by atoms with Gasteiger partial charge in [-0.05, 0) is 43.4 Å². The van der Waals surface area contributed by atoms with E-state index in [0.717, 1.165) is 17.2 Å². The van der Waals surface area contributed by atoms with Crippen molar-refractivity contribution in [3.8, 4) is 11.3 Å². The molecule has 2 aliphatic heterocycles. The third kappa shape index (κ3) is 7.59. The Morgan fingerprint density at radius 1 is 0.959 bits per heavy atom. The molecule has 2 saturated heterocycles. The lowest BCUT2D eigenvalue weighted by Gasteiger charge is -2.36. The lowest BCUT2D eigenvalue weighted by atomic mass is 10.0. The Hall–Kier alpha value is -5.24. The summed E-state index contributed by atoms with van der Waals surface area (Å²) >= 11 is 0. The summed E-state index contributed by atoms with van der Waals surface area (Å²) in [5, 5.41) is 3.39. The Balaban J connectivity index is 1.26. The number of esters is 2. The standard InChI is InChI=1S/C35H34F3N5O6/c36-35(37,38)34(47)49-33(46)28-15-14-26(48-28)21-41-17-8-7-13-27(31(41)44)43-22-40-29(30(43)24-11-5-2-6-12-24)32(45)42-18-16-39-20-25(42)19-23-9-3-1-4-10-23/h1-6,9-12,14-15,22,25,27,39H,7-8,13,16-21H2/t25-,27?/m1/s1. The molecule has 4 aromatic rings. The second kappa shape index (κ2) is 14.5. The lowest BCUT2D eigenvalue weighted by molar-refractivity contribution is -0.193. The minimum atomic E-state index is -5.34. The van der Waals surface area contributed by atoms with Gasteiger partial charge in [0.1, 0.15) is 11.8 Å². The molecule has 1 unspecified atom stereocenters. The van der Waals surface area contributed by atoms with Gasteiger partial charge in [-0.1, -0.05) is 60.7 Å². The van der Waals surface area contributed by atoms with E-state index in [4.69, 9.17) is 4.42 Å². The van der Waals surface area contributed by atoms with E-state index < -0.39 is 29.9 Å². The van der Waals surface area contributed by atoms with Crippen molar-refractivity contribution >= 4 is 23.8 Å². The van der Waals surface area contributed by atoms with Gasteiger partial charge in [-0.3, -0.25) is 9.59 Å². The zero-order chi connectivity index (χ0) is 34.5. The van der Waals surface area contributed by atoms with E-state index >= 15 is 0 Å². The molecular formula is C35H34F3N5O6. The second-order valence-corrected chi connectivity index (χ2v) is 12.0. The number of rotatable bonds is 8. The van der Waals surface area contributed by atoms with Crippen LogP contribution >= 0.6 is 0 Å². The Labute approximate surface area is 279 Å². The summed E-state index contributed by atoms with van der Waals surface area (Å²) in [7, 11) is 0. The summed E-state index contributed by atoms with van der Waals surface area (Å²) in [5.74, 6) is -5.23. The van der Waals surface area contributed by atoms with Crippen molar-refractivity contribution in [3.05, 3.63) is 102 Å². The van der Waals surface area contributed by atoms with Crippen LogP contribution in [0.5, 0.6) is 0 Å². The first kappa shape index (κ1) is 33.7. The highest BCUT2D eigenvalue weighted by Gasteiger charge is 2.43. The number of carbonyl (C=O) groups excluding carboxylic acids is 4. The van der Waals surface area contributed by atoms with E-state index in [1.54, 1.807) is 4.57 Å². The predicted molar refractivity (Wildman–Crippen MR) is 169 cm³/mol. The Bertz CT molecular complexity index is 1810. The zero-order valence-corrected chi connectivity index (χ0v) is 26.4. The number of carbonyl (C=O) groups is 4. The first-order valence-corrected chi connectivity index (χ1v) is 16.0. The maximum absolute atomic E-state index is 14.3. The number of furan rings is 1. The number of imidazole rings is 1. The molecule has 0 radical (unpaired) electrons. The van der Waals surface area contributed by atoms with Crippen molar-refractivity contribution in [1.82, 2.24) is 24.7 Å². The van der Waals surface area contributed by atoms with Crippen molar-refractivity contribution in [2.75, 3.05) is 26.2 Å². The molecule has 2 aromatic carbocycles. The molecule has 256 valence electrons. The van der Waals surface area contributed by atoms with Crippen molar-refractivity contribution in [1.29, 1.82) is 0 Å². The Morgan fingerprint density at radius 2 is 1.69 bits per heavy atom. The van der Waals surface area contributed by atoms with Crippen molar-refractivity contribution < 1.29 is 41.5 Å². The minimum absolute atomic E-state index is 0.0844. The molecule has 0 bridgehead atoms. The van der Waals surface area contributed by atoms with E-state index in [1.165, 1.54) is 17.3 Å². The molecule has 2 atom stereocenters. The highest BCUT2D eigenvalue weighted by molar-refractivity contribution is 5.99. The van der Waals surface area contributed by atoms with Crippen LogP contribution in [-0.4, -0.2) is 81.5 Å². The van der Waals surface area contributed by atoms with Crippen LogP contribution in [0.2, 0.25) is 0 Å². The lowest BCUT2D eigenvalue weighted by Crippen LogP contribution is -2.54. The Kier molecular flexibility index (Phi) is 9.95. The third-order valence-electron chi connectivity index (χ3n) is 8.68. The number of piperazine rings is 1. The van der Waals surface area contributed by atoms with Crippen LogP contribution in [0.15, 0.2) is 83.5 Å². The zero-order valence-electron chi connectivity index (χ0n) is 26.4. The molecule has 4 heterocycles. The van der Waals surface area contributed by atoms with Gasteiger partial charge in [-0.2, -0.15) is 13.2 Å². The second-order valence-electron chi connectivity index (χ2n) is 12.0. The van der Waals surface area contributed by atoms with E-state index in [-0.39, 0.29) is 35.9 Å². The molecular weight excluding hydrogens is 643 g/mol. The summed E-state index contributed by atoms with van der Waals surface area (Å²) in [6.45, 7) is 2.03. The van der Waals surface area contributed by atoms with Gasteiger partial charge < -0.3 is 28.8 Å². The first-order chi connectivity index (χ1) is 23.6. The molecule has 0 spiro atoms. The third-order valence-corrected chi connectivity index (χ3v) is 8.68. The van der Waals surface area contributed by atoms with Crippen LogP contribution in [0.25, 0.3) is 11.3 Å². The molecule has 2 amide bonds. The number of benzene rings is 2. The van der Waals surface area contributed by atoms with Gasteiger partial charge >= 0.3 is 18.1 Å². The number of hydrogen-bond donors (Lipinski definition) is 1. The molecule has 0 aliphatic carbocycles. The molecule has 11 nitrogen and oxygen atoms in total. The van der Waals surface area contributed by atoms with Crippen molar-refractivity contribution in [2.45, 2.75) is 50.5 Å². The van der Waals surface area contributed by atoms with E-state index in [9.17, 15) is 32.3 Å². The van der Waals surface area contributed by atoms with E-state index in [0.29, 0.717) is 57.6 Å². The molecule has 2 aliphatic rings. The molecule has 14 heteroatoms. The quantitative estimate of drug-likeness (QED) is 0.208. The molecule has 2 aromatic heterocycles. The van der Waals surface area contributed by atoms with Crippen LogP contribution in [0.4, 0.5) is 13.2 Å². The maximum atomic E-state index is 14.3. The van der Waals surface area contributed by atoms with Crippen LogP contribution < -0.4 is 5.32 Å². The fraction of sp³-hybridized carbons (Fsp3) is 0.343. The maximum Gasteiger partial charge on any atom is 0.491 e. The van der Waals surface area contributed by atoms with E-state index in [2.05, 4.69) is 15.0 Å². The summed E-state index contributed by atoms with van der Waals surface area (Å²) in [6, 6.07) is 20.9. The van der Waals surface area contributed by atoms with Crippen LogP contribution in [0.1, 0.15) is 57.7 Å². The molecule has 0 saturated carbocycles. The van der Waals surface area contributed by atoms with Gasteiger partial charge in [-0.15, -0.1) is 0 Å². The van der Waals surface area contributed by atoms with Gasteiger partial charge in [0.05, 0.1) is 18.6 Å². The summed E-state index contributed by atoms with van der Waals surface area (Å²) in [5.41, 5.74) is 2.61. The molecule has 49 heavy (non-hydrogen) atoms. The number of likely N-dealkylation sites (tertiary alicyclic amines) is 1. The fourth-order valence-electron chi connectivity index (χ4n) is 6.32. The average Bonchev–Trinajstić information content (AvgIpc) is 3.71. The number of alkyl halides is 3. The fourth-order valence-corrected chi connectivity index (χ4v) is 6.32. The molecule has 1 N–H and O–H groups in total. The van der Waals surface area contributed by atoms with Crippen LogP contribution in [0, 0.1) is 0 Å². The highest BCUT2D eigenvalue weighted by Crippen LogP contribution is 2.33. The highest BCUT2D eigenvalue weighted by atomic mass is 19.4. The number of amides is 2. The first-order valence-electron chi connectivity index (χ1n) is 16.0. The normalized spacial score (nSPS) is 18.6. The summed E-state index contributed by atoms with van der Waals surface area (Å²) in [6.07, 6.45) is -1.32. The molecule has 6 rings (SSSR count). The number of aromatic nitrogens is 2. The van der Waals surface area contributed by atoms with Crippen molar-refractivity contribution in [3.63, 3.8) is 0 Å². The average molecular weight is 678 g/mol. The van der Waals surface area contributed by atoms with Crippen LogP contribution in [-0.2, 0) is 27.3 Å². The number of nitrogens with zero attached hydrogens (tertiary/aromatic N) is 4. The smallest absolute Gasteiger partial charge is 0.452 e. The monoisotopic (exact) mass is 677 g/mol. The van der Waals surface area contributed by atoms with Gasteiger partial charge in [0.2, 0.25) is 11.7 Å². The molecule has 2 fully saturated rings. The predicted octanol–water partition coefficient (Wildman–Crippen LogP) is 4.80. The SMILES string of the molecule is O=C(OC(=O)C(F)(F)F)c1ccc(CN2CCCCC(n3cnc(C(=O)N4CCNC[C@H]4Cc4ccccc4)c3-c3ccccc3)C2=O)o1. The number of hydrogen-bond acceptors (Lipinski definition) is 8. The van der Waals surface area contributed by atoms with Gasteiger partial charge in [0.15, 0.2) is 5.69 Å². The summed E-state index contributed by atoms with van der Waals surface area (Å²) < 4.78 is 48.6. The topological polar surface area (TPSA) is 127 Å². The van der Waals surface area contributed by atoms with Gasteiger partial charge in [0.25, 0.3) is 5.91 Å². The minimum Gasteiger partial charge on any atom is -0.452 e. The van der Waals surface area contributed by atoms with Crippen molar-refractivity contribution in [2.24, 2.45) is 0 Å². The number of nitrogens with one attached hydrogen (secondary N) is 1. The Morgan fingerprint density at radius 3 is 2.43 bits per heavy atom. The van der Waals surface area contributed by atoms with Crippen LogP contribution in [0.3, 0.4) is 0 Å². The van der Waals surface area contributed by atoms with Gasteiger partial charge in [0, 0.05) is 37.8 Å². The number of halogens is 3. The van der Waals surface area contributed by atoms with E-state index in [1.807, 2.05) is 65.6 Å². The largest absolute Gasteiger partial charge is 0.491 e. The summed E-state index contributed by atoms with van der Waals surface area (Å²) in [4.78, 5) is 59.6.